The summed E-state index contributed by atoms with van der Waals surface area (Å²) in [5.41, 5.74) is 0. The molecule has 2 nitrogen and oxygen atoms in total. The maximum Gasteiger partial charge on any atom is 0.0390 e. The van der Waals surface area contributed by atoms with Crippen LogP contribution in [0.3, 0.4) is 0 Å². The standard InChI is InChI=1S/C5H10N2/c1-3-7-5-4-6-2/h4-5H,3H2,1-2H3. The monoisotopic (exact) mass is 98.1 g/mol. The minimum atomic E-state index is 0.839. The molecule has 0 saturated carbocycles. The number of hydrogen-bond acceptors (Lipinski definition) is 2. The van der Waals surface area contributed by atoms with Gasteiger partial charge in [0.15, 0.2) is 0 Å². The molecule has 0 amide bonds. The van der Waals surface area contributed by atoms with Crippen molar-refractivity contribution in [3.63, 3.8) is 0 Å². The highest BCUT2D eigenvalue weighted by atomic mass is 14.7. The van der Waals surface area contributed by atoms with E-state index in [0.717, 1.165) is 6.54 Å². The number of aliphatic imine (C=N–C) groups is 2. The molecule has 0 aromatic rings. The van der Waals surface area contributed by atoms with Crippen molar-refractivity contribution in [3.05, 3.63) is 0 Å². The van der Waals surface area contributed by atoms with Gasteiger partial charge in [-0.3, -0.25) is 9.98 Å². The van der Waals surface area contributed by atoms with E-state index in [0.29, 0.717) is 0 Å². The van der Waals surface area contributed by atoms with Gasteiger partial charge in [0.05, 0.1) is 0 Å². The van der Waals surface area contributed by atoms with Crippen LogP contribution < -0.4 is 0 Å². The van der Waals surface area contributed by atoms with Crippen molar-refractivity contribution in [2.75, 3.05) is 13.6 Å². The van der Waals surface area contributed by atoms with Crippen LogP contribution >= 0.6 is 0 Å². The lowest BCUT2D eigenvalue weighted by molar-refractivity contribution is 1.14. The Morgan fingerprint density at radius 3 is 2.57 bits per heavy atom. The van der Waals surface area contributed by atoms with E-state index < -0.39 is 0 Å². The van der Waals surface area contributed by atoms with E-state index in [4.69, 9.17) is 0 Å². The molecule has 0 fully saturated rings. The zero-order valence-corrected chi connectivity index (χ0v) is 4.76. The molecule has 0 aliphatic rings. The second kappa shape index (κ2) is 5.34. The Labute approximate surface area is 44.0 Å². The lowest BCUT2D eigenvalue weighted by Gasteiger charge is -1.72. The Bertz CT molecular complexity index is 74.1. The number of hydrogen-bond donors (Lipinski definition) is 0. The first-order chi connectivity index (χ1) is 3.41. The summed E-state index contributed by atoms with van der Waals surface area (Å²) in [6.45, 7) is 2.83. The van der Waals surface area contributed by atoms with E-state index >= 15 is 0 Å². The second-order valence-electron chi connectivity index (χ2n) is 1.06. The van der Waals surface area contributed by atoms with Gasteiger partial charge in [0.2, 0.25) is 0 Å². The van der Waals surface area contributed by atoms with Crippen LogP contribution in [0.1, 0.15) is 6.92 Å². The van der Waals surface area contributed by atoms with Gasteiger partial charge in [0.1, 0.15) is 0 Å². The zero-order valence-electron chi connectivity index (χ0n) is 4.76. The minimum Gasteiger partial charge on any atom is -0.295 e. The number of rotatable bonds is 2. The third kappa shape index (κ3) is 5.34. The predicted octanol–water partition coefficient (Wildman–Crippen LogP) is 0.778. The van der Waals surface area contributed by atoms with E-state index in [1.165, 1.54) is 0 Å². The van der Waals surface area contributed by atoms with Crippen molar-refractivity contribution in [1.29, 1.82) is 0 Å². The summed E-state index contributed by atoms with van der Waals surface area (Å²) in [5.74, 6) is 0. The molecule has 0 bridgehead atoms. The largest absolute Gasteiger partial charge is 0.295 e. The molecule has 0 aliphatic heterocycles. The normalized spacial score (nSPS) is 11.7. The quantitative estimate of drug-likeness (QED) is 0.456. The molecule has 0 aliphatic carbocycles. The Hall–Kier alpha value is -0.660. The summed E-state index contributed by atoms with van der Waals surface area (Å²) in [6.07, 6.45) is 3.36. The smallest absolute Gasteiger partial charge is 0.0390 e. The van der Waals surface area contributed by atoms with Crippen LogP contribution in [-0.4, -0.2) is 26.0 Å². The highest BCUT2D eigenvalue weighted by molar-refractivity contribution is 6.15. The summed E-state index contributed by atoms with van der Waals surface area (Å²) in [7, 11) is 1.72. The summed E-state index contributed by atoms with van der Waals surface area (Å²) in [5, 5.41) is 0. The molecule has 0 rings (SSSR count). The summed E-state index contributed by atoms with van der Waals surface area (Å²) in [4.78, 5) is 7.59. The van der Waals surface area contributed by atoms with Crippen LogP contribution in [0, 0.1) is 0 Å². The average molecular weight is 98.1 g/mol. The van der Waals surface area contributed by atoms with E-state index in [1.807, 2.05) is 6.92 Å². The van der Waals surface area contributed by atoms with E-state index in [9.17, 15) is 0 Å². The molecule has 0 radical (unpaired) electrons. The molecule has 0 saturated heterocycles. The Balaban J connectivity index is 3.09. The third-order valence-electron chi connectivity index (χ3n) is 0.504. The summed E-state index contributed by atoms with van der Waals surface area (Å²) >= 11 is 0. The molecule has 0 unspecified atom stereocenters. The van der Waals surface area contributed by atoms with Gasteiger partial charge in [0.25, 0.3) is 0 Å². The molecule has 7 heavy (non-hydrogen) atoms. The van der Waals surface area contributed by atoms with Crippen LogP contribution in [0.25, 0.3) is 0 Å². The fourth-order valence-corrected chi connectivity index (χ4v) is 0.219. The topological polar surface area (TPSA) is 24.7 Å². The van der Waals surface area contributed by atoms with E-state index in [1.54, 1.807) is 19.5 Å². The van der Waals surface area contributed by atoms with Crippen molar-refractivity contribution in [2.24, 2.45) is 9.98 Å². The average Bonchev–Trinajstić information content (AvgIpc) is 1.69. The molecule has 2 heteroatoms. The molecule has 0 heterocycles. The van der Waals surface area contributed by atoms with Gasteiger partial charge in [-0.25, -0.2) is 0 Å². The first-order valence-corrected chi connectivity index (χ1v) is 2.32. The highest BCUT2D eigenvalue weighted by Gasteiger charge is 1.58. The molecule has 0 aromatic heterocycles. The Morgan fingerprint density at radius 2 is 2.14 bits per heavy atom. The Kier molecular flexibility index (Phi) is 4.84. The fourth-order valence-electron chi connectivity index (χ4n) is 0.219. The lowest BCUT2D eigenvalue weighted by atomic mass is 10.7. The van der Waals surface area contributed by atoms with Gasteiger partial charge in [-0.05, 0) is 6.92 Å². The van der Waals surface area contributed by atoms with Gasteiger partial charge in [-0.2, -0.15) is 0 Å². The maximum atomic E-state index is 3.89. The van der Waals surface area contributed by atoms with Crippen LogP contribution in [0.5, 0.6) is 0 Å². The summed E-state index contributed by atoms with van der Waals surface area (Å²) in [6, 6.07) is 0. The maximum absolute atomic E-state index is 3.89. The molecule has 0 atom stereocenters. The van der Waals surface area contributed by atoms with Crippen molar-refractivity contribution < 1.29 is 0 Å². The molecule has 0 aromatic carbocycles. The lowest BCUT2D eigenvalue weighted by Crippen LogP contribution is -1.74. The van der Waals surface area contributed by atoms with Crippen molar-refractivity contribution >= 4 is 12.4 Å². The van der Waals surface area contributed by atoms with Crippen molar-refractivity contribution in [3.8, 4) is 0 Å². The summed E-state index contributed by atoms with van der Waals surface area (Å²) < 4.78 is 0. The van der Waals surface area contributed by atoms with Gasteiger partial charge >= 0.3 is 0 Å². The van der Waals surface area contributed by atoms with Crippen LogP contribution in [0.15, 0.2) is 9.98 Å². The highest BCUT2D eigenvalue weighted by Crippen LogP contribution is 1.58. The molecule has 0 spiro atoms. The van der Waals surface area contributed by atoms with Gasteiger partial charge in [0, 0.05) is 26.0 Å². The second-order valence-corrected chi connectivity index (χ2v) is 1.06. The fraction of sp³-hybridized carbons (Fsp3) is 0.600. The molecular weight excluding hydrogens is 88.1 g/mol. The van der Waals surface area contributed by atoms with Crippen molar-refractivity contribution in [1.82, 2.24) is 0 Å². The first-order valence-electron chi connectivity index (χ1n) is 2.32. The third-order valence-corrected chi connectivity index (χ3v) is 0.504. The van der Waals surface area contributed by atoms with Crippen LogP contribution in [0.2, 0.25) is 0 Å². The predicted molar refractivity (Wildman–Crippen MR) is 33.4 cm³/mol. The van der Waals surface area contributed by atoms with Crippen molar-refractivity contribution in [2.45, 2.75) is 6.92 Å². The van der Waals surface area contributed by atoms with Gasteiger partial charge < -0.3 is 0 Å². The van der Waals surface area contributed by atoms with Gasteiger partial charge in [-0.15, -0.1) is 0 Å². The molecule has 0 N–H and O–H groups in total. The SMILES string of the molecule is CCN=CC=NC. The van der Waals surface area contributed by atoms with E-state index in [-0.39, 0.29) is 0 Å². The zero-order chi connectivity index (χ0) is 5.54. The van der Waals surface area contributed by atoms with E-state index in [2.05, 4.69) is 9.98 Å². The Morgan fingerprint density at radius 1 is 1.43 bits per heavy atom. The molecular formula is C5H10N2. The first kappa shape index (κ1) is 6.34. The molecule has 40 valence electrons. The minimum absolute atomic E-state index is 0.839. The van der Waals surface area contributed by atoms with Gasteiger partial charge in [-0.1, -0.05) is 0 Å². The number of nitrogens with zero attached hydrogens (tertiary/aromatic N) is 2. The van der Waals surface area contributed by atoms with Crippen LogP contribution in [-0.2, 0) is 0 Å². The van der Waals surface area contributed by atoms with Crippen LogP contribution in [0.4, 0.5) is 0 Å².